The van der Waals surface area contributed by atoms with Crippen LogP contribution in [-0.4, -0.2) is 13.1 Å². The van der Waals surface area contributed by atoms with Crippen LogP contribution >= 0.6 is 0 Å². The van der Waals surface area contributed by atoms with Crippen molar-refractivity contribution < 1.29 is 0 Å². The van der Waals surface area contributed by atoms with Crippen molar-refractivity contribution in [2.24, 2.45) is 0 Å². The van der Waals surface area contributed by atoms with Crippen LogP contribution in [0.5, 0.6) is 0 Å². The molecule has 0 amide bonds. The molecule has 1 unspecified atom stereocenters. The fourth-order valence-electron chi connectivity index (χ4n) is 0.733. The third kappa shape index (κ3) is 4.57. The zero-order valence-corrected chi connectivity index (χ0v) is 7.57. The van der Waals surface area contributed by atoms with Crippen LogP contribution in [0.3, 0.4) is 0 Å². The normalized spacial score (nSPS) is 15.4. The average Bonchev–Trinajstić information content (AvgIpc) is 1.99. The first kappa shape index (κ1) is 9.70. The van der Waals surface area contributed by atoms with Gasteiger partial charge in [0.05, 0.1) is 0 Å². The Morgan fingerprint density at radius 2 is 2.20 bits per heavy atom. The standard InChI is InChI=1S/C9H19N/c1-5-8(2)6-7-9(3)10-4/h5,9-10H,6-7H2,1-4H3. The lowest BCUT2D eigenvalue weighted by Crippen LogP contribution is -2.20. The van der Waals surface area contributed by atoms with Gasteiger partial charge in [0.2, 0.25) is 0 Å². The minimum atomic E-state index is 0.648. The zero-order valence-electron chi connectivity index (χ0n) is 7.57. The zero-order chi connectivity index (χ0) is 7.98. The molecule has 1 N–H and O–H groups in total. The van der Waals surface area contributed by atoms with E-state index in [4.69, 9.17) is 0 Å². The van der Waals surface area contributed by atoms with Gasteiger partial charge >= 0.3 is 0 Å². The third-order valence-electron chi connectivity index (χ3n) is 1.96. The molecule has 0 aromatic rings. The van der Waals surface area contributed by atoms with E-state index in [1.165, 1.54) is 18.4 Å². The molecule has 0 aromatic carbocycles. The Hall–Kier alpha value is -0.300. The van der Waals surface area contributed by atoms with Gasteiger partial charge in [-0.05, 0) is 40.7 Å². The van der Waals surface area contributed by atoms with Gasteiger partial charge in [0, 0.05) is 6.04 Å². The van der Waals surface area contributed by atoms with Gasteiger partial charge in [0.1, 0.15) is 0 Å². The summed E-state index contributed by atoms with van der Waals surface area (Å²) in [5, 5.41) is 3.22. The molecule has 1 atom stereocenters. The molecule has 0 aliphatic rings. The highest BCUT2D eigenvalue weighted by Crippen LogP contribution is 2.05. The predicted octanol–water partition coefficient (Wildman–Crippen LogP) is 2.34. The van der Waals surface area contributed by atoms with E-state index < -0.39 is 0 Å². The molecule has 0 rings (SSSR count). The van der Waals surface area contributed by atoms with Gasteiger partial charge < -0.3 is 5.32 Å². The second-order valence-corrected chi connectivity index (χ2v) is 2.86. The van der Waals surface area contributed by atoms with E-state index in [-0.39, 0.29) is 0 Å². The molecule has 60 valence electrons. The van der Waals surface area contributed by atoms with E-state index in [0.717, 1.165) is 0 Å². The van der Waals surface area contributed by atoms with Crippen LogP contribution in [0.1, 0.15) is 33.6 Å². The lowest BCUT2D eigenvalue weighted by atomic mass is 10.1. The summed E-state index contributed by atoms with van der Waals surface area (Å²) in [7, 11) is 2.01. The molecule has 0 saturated heterocycles. The van der Waals surface area contributed by atoms with Gasteiger partial charge in [-0.15, -0.1) is 0 Å². The highest BCUT2D eigenvalue weighted by Gasteiger charge is 1.96. The lowest BCUT2D eigenvalue weighted by Gasteiger charge is -2.08. The van der Waals surface area contributed by atoms with Gasteiger partial charge in [-0.1, -0.05) is 11.6 Å². The lowest BCUT2D eigenvalue weighted by molar-refractivity contribution is 0.563. The molecule has 10 heavy (non-hydrogen) atoms. The van der Waals surface area contributed by atoms with E-state index in [1.807, 2.05) is 7.05 Å². The maximum absolute atomic E-state index is 3.22. The second kappa shape index (κ2) is 5.48. The van der Waals surface area contributed by atoms with Crippen LogP contribution in [0.4, 0.5) is 0 Å². The third-order valence-corrected chi connectivity index (χ3v) is 1.96. The number of hydrogen-bond donors (Lipinski definition) is 1. The summed E-state index contributed by atoms with van der Waals surface area (Å²) in [4.78, 5) is 0. The van der Waals surface area contributed by atoms with Crippen molar-refractivity contribution in [3.8, 4) is 0 Å². The molecule has 0 spiro atoms. The van der Waals surface area contributed by atoms with Crippen molar-refractivity contribution in [2.45, 2.75) is 39.7 Å². The fraction of sp³-hybridized carbons (Fsp3) is 0.778. The molecule has 0 aliphatic heterocycles. The number of nitrogens with one attached hydrogen (secondary N) is 1. The maximum atomic E-state index is 3.22. The van der Waals surface area contributed by atoms with E-state index in [2.05, 4.69) is 32.2 Å². The Morgan fingerprint density at radius 3 is 2.60 bits per heavy atom. The van der Waals surface area contributed by atoms with Gasteiger partial charge in [-0.25, -0.2) is 0 Å². The first-order valence-electron chi connectivity index (χ1n) is 3.99. The molecule has 0 aliphatic carbocycles. The summed E-state index contributed by atoms with van der Waals surface area (Å²) in [6.07, 6.45) is 4.65. The van der Waals surface area contributed by atoms with Crippen molar-refractivity contribution in [1.29, 1.82) is 0 Å². The van der Waals surface area contributed by atoms with Gasteiger partial charge in [0.15, 0.2) is 0 Å². The minimum Gasteiger partial charge on any atom is -0.317 e. The van der Waals surface area contributed by atoms with Gasteiger partial charge in [-0.2, -0.15) is 0 Å². The topological polar surface area (TPSA) is 12.0 Å². The molecule has 0 bridgehead atoms. The van der Waals surface area contributed by atoms with Crippen LogP contribution in [0.2, 0.25) is 0 Å². The second-order valence-electron chi connectivity index (χ2n) is 2.86. The number of hydrogen-bond acceptors (Lipinski definition) is 1. The molecule has 0 radical (unpaired) electrons. The average molecular weight is 141 g/mol. The molecule has 0 heterocycles. The monoisotopic (exact) mass is 141 g/mol. The van der Waals surface area contributed by atoms with E-state index >= 15 is 0 Å². The first-order chi connectivity index (χ1) is 4.70. The quantitative estimate of drug-likeness (QED) is 0.592. The molecular formula is C9H19N. The van der Waals surface area contributed by atoms with Gasteiger partial charge in [0.25, 0.3) is 0 Å². The highest BCUT2D eigenvalue weighted by molar-refractivity contribution is 4.95. The van der Waals surface area contributed by atoms with Gasteiger partial charge in [-0.3, -0.25) is 0 Å². The Balaban J connectivity index is 3.35. The Morgan fingerprint density at radius 1 is 1.60 bits per heavy atom. The largest absolute Gasteiger partial charge is 0.317 e. The predicted molar refractivity (Wildman–Crippen MR) is 47.2 cm³/mol. The minimum absolute atomic E-state index is 0.648. The SMILES string of the molecule is CC=C(C)CCC(C)NC. The van der Waals surface area contributed by atoms with Crippen molar-refractivity contribution >= 4 is 0 Å². The summed E-state index contributed by atoms with van der Waals surface area (Å²) in [5.41, 5.74) is 1.49. The summed E-state index contributed by atoms with van der Waals surface area (Å²) < 4.78 is 0. The summed E-state index contributed by atoms with van der Waals surface area (Å²) in [6, 6.07) is 0.648. The van der Waals surface area contributed by atoms with Crippen molar-refractivity contribution in [3.63, 3.8) is 0 Å². The van der Waals surface area contributed by atoms with Crippen LogP contribution in [0.15, 0.2) is 11.6 Å². The van der Waals surface area contributed by atoms with E-state index in [0.29, 0.717) is 6.04 Å². The molecular weight excluding hydrogens is 122 g/mol. The van der Waals surface area contributed by atoms with Crippen LogP contribution < -0.4 is 5.32 Å². The van der Waals surface area contributed by atoms with E-state index in [1.54, 1.807) is 0 Å². The first-order valence-corrected chi connectivity index (χ1v) is 3.99. The smallest absolute Gasteiger partial charge is 0.00387 e. The summed E-state index contributed by atoms with van der Waals surface area (Å²) in [5.74, 6) is 0. The van der Waals surface area contributed by atoms with Crippen molar-refractivity contribution in [1.82, 2.24) is 5.32 Å². The molecule has 0 fully saturated rings. The molecule has 0 saturated carbocycles. The highest BCUT2D eigenvalue weighted by atomic mass is 14.8. The summed E-state index contributed by atoms with van der Waals surface area (Å²) in [6.45, 7) is 6.49. The summed E-state index contributed by atoms with van der Waals surface area (Å²) >= 11 is 0. The van der Waals surface area contributed by atoms with Crippen molar-refractivity contribution in [2.75, 3.05) is 7.05 Å². The number of rotatable bonds is 4. The van der Waals surface area contributed by atoms with E-state index in [9.17, 15) is 0 Å². The van der Waals surface area contributed by atoms with Crippen LogP contribution in [0.25, 0.3) is 0 Å². The van der Waals surface area contributed by atoms with Crippen molar-refractivity contribution in [3.05, 3.63) is 11.6 Å². The molecule has 1 heteroatoms. The Kier molecular flexibility index (Phi) is 5.32. The van der Waals surface area contributed by atoms with Crippen LogP contribution in [0, 0.1) is 0 Å². The fourth-order valence-corrected chi connectivity index (χ4v) is 0.733. The molecule has 1 nitrogen and oxygen atoms in total. The maximum Gasteiger partial charge on any atom is 0.00387 e. The number of allylic oxidation sites excluding steroid dienone is 2. The van der Waals surface area contributed by atoms with Crippen LogP contribution in [-0.2, 0) is 0 Å². The Bertz CT molecular complexity index is 105. The molecule has 0 aromatic heterocycles. The Labute approximate surface area is 64.5 Å².